The highest BCUT2D eigenvalue weighted by Crippen LogP contribution is 2.65. The molecule has 0 saturated carbocycles. The molecule has 1 fully saturated rings. The van der Waals surface area contributed by atoms with E-state index in [0.29, 0.717) is 0 Å². The SMILES string of the molecule is COCC(COC(C)(C)CC(NC(=O)OCC(F)(C(F)(F)F)C(C)(C)OC(F)(F)C(F)(C(C)(C)F)C(F)(F)F)C(CC(C)(C)OCC(COC)C(C)(C)O)NC(=O)OCC1(C(F)(F)F)N(F)C1(C)OC(F)(F)C(F)(C(C)C)C(F)(F)F)C(C)(C)O. The molecule has 0 radical (unpaired) electrons. The molecule has 0 aromatic carbocycles. The van der Waals surface area contributed by atoms with Crippen molar-refractivity contribution in [3.05, 3.63) is 0 Å². The molecule has 1 rings (SSSR count). The van der Waals surface area contributed by atoms with Gasteiger partial charge in [-0.05, 0) is 103 Å². The van der Waals surface area contributed by atoms with E-state index in [1.807, 2.05) is 10.6 Å². The van der Waals surface area contributed by atoms with Crippen molar-refractivity contribution < 1.29 is 150 Å². The molecule has 15 nitrogen and oxygen atoms in total. The first-order valence-corrected chi connectivity index (χ1v) is 25.5. The van der Waals surface area contributed by atoms with Crippen molar-refractivity contribution in [1.29, 1.82) is 0 Å². The number of alkyl halides is 20. The number of alkyl carbamates (subject to hydrolysis) is 2. The molecule has 0 spiro atoms. The third-order valence-corrected chi connectivity index (χ3v) is 14.7. The first-order valence-electron chi connectivity index (χ1n) is 25.5. The molecule has 0 aromatic rings. The monoisotopic (exact) mass is 1300 g/mol. The fraction of sp³-hybridized carbons (Fsp3) is 0.959. The first kappa shape index (κ1) is 79.7. The molecule has 2 amide bonds. The summed E-state index contributed by atoms with van der Waals surface area (Å²) in [5.74, 6) is -4.70. The number of rotatable bonds is 32. The zero-order valence-electron chi connectivity index (χ0n) is 49.4. The van der Waals surface area contributed by atoms with E-state index in [1.54, 1.807) is 0 Å². The third-order valence-electron chi connectivity index (χ3n) is 14.7. The van der Waals surface area contributed by atoms with Gasteiger partial charge in [0.05, 0.1) is 60.9 Å². The van der Waals surface area contributed by atoms with Gasteiger partial charge in [-0.15, -0.1) is 4.48 Å². The van der Waals surface area contributed by atoms with Crippen LogP contribution < -0.4 is 10.6 Å². The van der Waals surface area contributed by atoms with Gasteiger partial charge in [0.25, 0.3) is 11.3 Å². The summed E-state index contributed by atoms with van der Waals surface area (Å²) < 4.78 is 349. The van der Waals surface area contributed by atoms with Gasteiger partial charge in [-0.25, -0.2) is 27.2 Å². The van der Waals surface area contributed by atoms with E-state index >= 15 is 35.2 Å². The maximum Gasteiger partial charge on any atom is 0.434 e. The number of hydrogen-bond donors (Lipinski definition) is 4. The minimum Gasteiger partial charge on any atom is -0.447 e. The Hall–Kier alpha value is -3.29. The Balaban J connectivity index is 4.22. The minimum atomic E-state index is -6.99. The molecule has 0 bridgehead atoms. The van der Waals surface area contributed by atoms with Crippen LogP contribution in [0.25, 0.3) is 0 Å². The van der Waals surface area contributed by atoms with Gasteiger partial charge in [0.2, 0.25) is 5.54 Å². The van der Waals surface area contributed by atoms with Crippen molar-refractivity contribution in [3.63, 3.8) is 0 Å². The van der Waals surface area contributed by atoms with Gasteiger partial charge < -0.3 is 54.0 Å². The van der Waals surface area contributed by atoms with E-state index in [0.717, 1.165) is 0 Å². The van der Waals surface area contributed by atoms with E-state index in [2.05, 4.69) is 18.9 Å². The molecule has 10 atom stereocenters. The van der Waals surface area contributed by atoms with Crippen LogP contribution in [0.2, 0.25) is 0 Å². The van der Waals surface area contributed by atoms with Gasteiger partial charge in [0.1, 0.15) is 18.8 Å². The van der Waals surface area contributed by atoms with Crippen LogP contribution in [0.4, 0.5) is 102 Å². The fourth-order valence-corrected chi connectivity index (χ4v) is 8.76. The summed E-state index contributed by atoms with van der Waals surface area (Å²) in [7, 11) is 2.42. The predicted octanol–water partition coefficient (Wildman–Crippen LogP) is 12.0. The van der Waals surface area contributed by atoms with Crippen LogP contribution in [0.5, 0.6) is 0 Å². The van der Waals surface area contributed by atoms with Gasteiger partial charge in [0, 0.05) is 32.0 Å². The van der Waals surface area contributed by atoms with Crippen molar-refractivity contribution in [3.8, 4) is 0 Å². The van der Waals surface area contributed by atoms with Gasteiger partial charge in [-0.2, -0.15) is 70.2 Å². The molecular formula is C49H76F21N3O12. The standard InChI is InChI=1S/C49H76F21N3O12/c1-26(2)42(52,46(60,61)62)48(66,67)85-39(15)41(73(39)70,45(57,58)59)25-81-32(75)72-30(19-34(5,6)83-23-28(21-79-17)36(9,10)77)29(18-33(3,4)82-22-27(20-78-16)35(7,8)76)71-31(74)80-24-40(51,44(54,55)56)38(13,14)84-49(68,69)43(53,37(11,12)50)47(63,64)65/h26-30,76-77H,18-25H2,1-17H3,(H,71,74)(H,72,75). The van der Waals surface area contributed by atoms with Crippen LogP contribution in [-0.2, 0) is 37.9 Å². The van der Waals surface area contributed by atoms with Crippen LogP contribution in [-0.4, -0.2) is 192 Å². The third kappa shape index (κ3) is 17.4. The normalized spacial score (nSPS) is 23.0. The zero-order chi connectivity index (χ0) is 67.8. The summed E-state index contributed by atoms with van der Waals surface area (Å²) in [6.07, 6.45) is -45.9. The summed E-state index contributed by atoms with van der Waals surface area (Å²) in [6.45, 7) is 1.85. The summed E-state index contributed by atoms with van der Waals surface area (Å²) in [5.41, 5.74) is -43.2. The molecule has 1 saturated heterocycles. The largest absolute Gasteiger partial charge is 0.447 e. The average molecular weight is 1300 g/mol. The van der Waals surface area contributed by atoms with Gasteiger partial charge >= 0.3 is 54.8 Å². The lowest BCUT2D eigenvalue weighted by molar-refractivity contribution is -0.443. The minimum absolute atomic E-state index is 0.214. The Morgan fingerprint density at radius 3 is 1.22 bits per heavy atom. The Bertz CT molecular complexity index is 2190. The molecule has 1 heterocycles. The second-order valence-electron chi connectivity index (χ2n) is 24.5. The van der Waals surface area contributed by atoms with Crippen LogP contribution >= 0.6 is 0 Å². The summed E-state index contributed by atoms with van der Waals surface area (Å²) in [4.78, 5) is 27.6. The lowest BCUT2D eigenvalue weighted by atomic mass is 9.84. The lowest BCUT2D eigenvalue weighted by Crippen LogP contribution is -2.71. The molecule has 4 N–H and O–H groups in total. The Labute approximate surface area is 476 Å². The first-order chi connectivity index (χ1) is 37.3. The lowest BCUT2D eigenvalue weighted by Gasteiger charge is -2.46. The van der Waals surface area contributed by atoms with E-state index in [1.165, 1.54) is 69.6 Å². The van der Waals surface area contributed by atoms with Gasteiger partial charge in [0.15, 0.2) is 11.4 Å². The van der Waals surface area contributed by atoms with Crippen LogP contribution in [0.3, 0.4) is 0 Å². The predicted molar refractivity (Wildman–Crippen MR) is 255 cm³/mol. The van der Waals surface area contributed by atoms with E-state index in [4.69, 9.17) is 18.9 Å². The topological polar surface area (TPSA) is 176 Å². The smallest absolute Gasteiger partial charge is 0.434 e. The number of nitrogens with zero attached hydrogens (tertiary/aromatic N) is 1. The van der Waals surface area contributed by atoms with Crippen LogP contribution in [0.15, 0.2) is 0 Å². The average Bonchev–Trinajstić information content (AvgIpc) is 1.54. The number of methoxy groups -OCH3 is 2. The van der Waals surface area contributed by atoms with Crippen molar-refractivity contribution >= 4 is 12.2 Å². The van der Waals surface area contributed by atoms with E-state index in [9.17, 15) is 76.9 Å². The van der Waals surface area contributed by atoms with Gasteiger partial charge in [-0.3, -0.25) is 4.74 Å². The molecule has 0 aliphatic carbocycles. The molecule has 10 unspecified atom stereocenters. The molecule has 0 aromatic heterocycles. The quantitative estimate of drug-likeness (QED) is 0.0285. The van der Waals surface area contributed by atoms with E-state index < -0.39 is 199 Å². The van der Waals surface area contributed by atoms with Crippen molar-refractivity contribution in [2.45, 2.75) is 228 Å². The summed E-state index contributed by atoms with van der Waals surface area (Å²) in [6, 6.07) is -4.28. The van der Waals surface area contributed by atoms with Gasteiger partial charge in [-0.1, -0.05) is 19.0 Å². The highest BCUT2D eigenvalue weighted by Gasteiger charge is 2.92. The fourth-order valence-electron chi connectivity index (χ4n) is 8.76. The number of ether oxygens (including phenoxy) is 8. The number of nitrogens with one attached hydrogen (secondary N) is 2. The second-order valence-corrected chi connectivity index (χ2v) is 24.5. The van der Waals surface area contributed by atoms with Crippen LogP contribution in [0.1, 0.15) is 117 Å². The molecule has 36 heteroatoms. The molecule has 1 aliphatic rings. The summed E-state index contributed by atoms with van der Waals surface area (Å²) in [5, 5.41) is 23.7. The van der Waals surface area contributed by atoms with Crippen LogP contribution in [0, 0.1) is 17.8 Å². The molecule has 506 valence electrons. The highest BCUT2D eigenvalue weighted by atomic mass is 19.4. The second kappa shape index (κ2) is 25.9. The Morgan fingerprint density at radius 2 is 0.929 bits per heavy atom. The molecular weight excluding hydrogens is 1220 g/mol. The number of aliphatic hydroxyl groups is 2. The molecule has 1 aliphatic heterocycles. The molecule has 85 heavy (non-hydrogen) atoms. The summed E-state index contributed by atoms with van der Waals surface area (Å²) >= 11 is 0. The number of carbonyl (C=O) groups excluding carboxylic acids is 2. The Morgan fingerprint density at radius 1 is 0.553 bits per heavy atom. The zero-order valence-corrected chi connectivity index (χ0v) is 49.4. The highest BCUT2D eigenvalue weighted by molar-refractivity contribution is 5.70. The van der Waals surface area contributed by atoms with Crippen molar-refractivity contribution in [2.75, 3.05) is 53.9 Å². The maximum absolute atomic E-state index is 16.5. The number of amides is 2. The Kier molecular flexibility index (Phi) is 24.3. The number of carbonyl (C=O) groups is 2. The number of halogens is 21. The van der Waals surface area contributed by atoms with E-state index in [-0.39, 0.29) is 47.8 Å². The maximum atomic E-state index is 16.5. The van der Waals surface area contributed by atoms with Crippen molar-refractivity contribution in [1.82, 2.24) is 15.8 Å². The number of hydrogen-bond acceptors (Lipinski definition) is 13. The van der Waals surface area contributed by atoms with Crippen molar-refractivity contribution in [2.24, 2.45) is 17.8 Å².